The number of hydrogen-bond acceptors (Lipinski definition) is 3. The molecule has 1 aliphatic rings. The predicted octanol–water partition coefficient (Wildman–Crippen LogP) is 3.06. The van der Waals surface area contributed by atoms with E-state index in [1.54, 1.807) is 0 Å². The molecule has 1 fully saturated rings. The van der Waals surface area contributed by atoms with E-state index in [1.807, 2.05) is 18.7 Å². The zero-order valence-electron chi connectivity index (χ0n) is 12.6. The second kappa shape index (κ2) is 4.48. The Balaban J connectivity index is 1.76. The third-order valence-electron chi connectivity index (χ3n) is 5.18. The second-order valence-corrected chi connectivity index (χ2v) is 6.44. The highest BCUT2D eigenvalue weighted by molar-refractivity contribution is 6.01. The normalized spacial score (nSPS) is 18.7. The molecule has 4 heterocycles. The summed E-state index contributed by atoms with van der Waals surface area (Å²) in [5.74, 6) is 0. The molecule has 1 aliphatic heterocycles. The first-order valence-electron chi connectivity index (χ1n) is 7.74. The highest BCUT2D eigenvalue weighted by atomic mass is 15.6. The summed E-state index contributed by atoms with van der Waals surface area (Å²) in [5, 5.41) is 3.56. The molecular weight excluding hydrogens is 262 g/mol. The molecule has 0 atom stereocenters. The van der Waals surface area contributed by atoms with Crippen molar-refractivity contribution in [2.45, 2.75) is 33.1 Å². The molecule has 3 aromatic heterocycles. The summed E-state index contributed by atoms with van der Waals surface area (Å²) in [6, 6.07) is 2.09. The van der Waals surface area contributed by atoms with Gasteiger partial charge in [0.2, 0.25) is 0 Å². The standard InChI is InChI=1S/C16H21N5/c1-3-16(2)5-8-20(9-6-16)21-11-19-13-10-18-15-12(14(13)21)4-7-17-15/h4,7,10-11H,3,5-6,8-9H2,1-2H3,(H,17,18). The fourth-order valence-corrected chi connectivity index (χ4v) is 3.31. The minimum absolute atomic E-state index is 0.498. The van der Waals surface area contributed by atoms with E-state index in [2.05, 4.69) is 44.6 Å². The van der Waals surface area contributed by atoms with Crippen molar-refractivity contribution in [1.82, 2.24) is 19.6 Å². The minimum atomic E-state index is 0.498. The maximum Gasteiger partial charge on any atom is 0.139 e. The van der Waals surface area contributed by atoms with Crippen molar-refractivity contribution in [2.24, 2.45) is 5.41 Å². The molecule has 5 nitrogen and oxygen atoms in total. The molecule has 0 bridgehead atoms. The number of nitrogens with zero attached hydrogens (tertiary/aromatic N) is 4. The Hall–Kier alpha value is -2.04. The fourth-order valence-electron chi connectivity index (χ4n) is 3.31. The van der Waals surface area contributed by atoms with Crippen LogP contribution < -0.4 is 5.01 Å². The molecule has 4 rings (SSSR count). The Morgan fingerprint density at radius 1 is 1.29 bits per heavy atom. The van der Waals surface area contributed by atoms with Gasteiger partial charge < -0.3 is 9.99 Å². The number of imidazole rings is 1. The SMILES string of the molecule is CCC1(C)CCN(n2cnc3cnc4[nH]ccc4c32)CC1. The summed E-state index contributed by atoms with van der Waals surface area (Å²) in [4.78, 5) is 12.1. The molecular formula is C16H21N5. The zero-order valence-corrected chi connectivity index (χ0v) is 12.6. The number of aromatic amines is 1. The summed E-state index contributed by atoms with van der Waals surface area (Å²) >= 11 is 0. The molecule has 21 heavy (non-hydrogen) atoms. The average molecular weight is 283 g/mol. The van der Waals surface area contributed by atoms with E-state index in [0.29, 0.717) is 5.41 Å². The quantitative estimate of drug-likeness (QED) is 0.786. The third-order valence-corrected chi connectivity index (χ3v) is 5.18. The molecule has 1 saturated heterocycles. The summed E-state index contributed by atoms with van der Waals surface area (Å²) in [6.45, 7) is 6.88. The van der Waals surface area contributed by atoms with Gasteiger partial charge in [-0.2, -0.15) is 0 Å². The van der Waals surface area contributed by atoms with Crippen LogP contribution in [0.5, 0.6) is 0 Å². The van der Waals surface area contributed by atoms with E-state index >= 15 is 0 Å². The Morgan fingerprint density at radius 3 is 2.86 bits per heavy atom. The molecule has 3 aromatic rings. The summed E-state index contributed by atoms with van der Waals surface area (Å²) in [5.41, 5.74) is 3.56. The van der Waals surface area contributed by atoms with Gasteiger partial charge in [0.1, 0.15) is 23.0 Å². The van der Waals surface area contributed by atoms with Crippen molar-refractivity contribution in [1.29, 1.82) is 0 Å². The molecule has 0 radical (unpaired) electrons. The monoisotopic (exact) mass is 283 g/mol. The lowest BCUT2D eigenvalue weighted by Crippen LogP contribution is -2.44. The lowest BCUT2D eigenvalue weighted by Gasteiger charge is -2.40. The first-order valence-corrected chi connectivity index (χ1v) is 7.74. The van der Waals surface area contributed by atoms with Crippen molar-refractivity contribution in [3.63, 3.8) is 0 Å². The van der Waals surface area contributed by atoms with Crippen LogP contribution in [0.4, 0.5) is 0 Å². The predicted molar refractivity (Wildman–Crippen MR) is 85.0 cm³/mol. The smallest absolute Gasteiger partial charge is 0.139 e. The van der Waals surface area contributed by atoms with Gasteiger partial charge in [-0.1, -0.05) is 20.3 Å². The van der Waals surface area contributed by atoms with Crippen molar-refractivity contribution >= 4 is 22.1 Å². The number of nitrogens with one attached hydrogen (secondary N) is 1. The van der Waals surface area contributed by atoms with E-state index in [-0.39, 0.29) is 0 Å². The first kappa shape index (κ1) is 12.7. The van der Waals surface area contributed by atoms with Crippen LogP contribution in [0.3, 0.4) is 0 Å². The van der Waals surface area contributed by atoms with E-state index in [0.717, 1.165) is 29.6 Å². The van der Waals surface area contributed by atoms with Crippen LogP contribution in [-0.2, 0) is 0 Å². The van der Waals surface area contributed by atoms with Gasteiger partial charge >= 0.3 is 0 Å². The van der Waals surface area contributed by atoms with Crippen LogP contribution in [0, 0.1) is 5.41 Å². The maximum absolute atomic E-state index is 4.52. The molecule has 0 saturated carbocycles. The highest BCUT2D eigenvalue weighted by Crippen LogP contribution is 2.34. The Bertz CT molecular complexity index is 776. The molecule has 0 amide bonds. The van der Waals surface area contributed by atoms with Gasteiger partial charge in [0, 0.05) is 24.7 Å². The number of H-pyrrole nitrogens is 1. The van der Waals surface area contributed by atoms with Crippen molar-refractivity contribution < 1.29 is 0 Å². The number of fused-ring (bicyclic) bond motifs is 3. The Labute approximate surface area is 124 Å². The van der Waals surface area contributed by atoms with Crippen LogP contribution in [0.1, 0.15) is 33.1 Å². The van der Waals surface area contributed by atoms with Gasteiger partial charge in [-0.05, 0) is 24.3 Å². The van der Waals surface area contributed by atoms with Crippen molar-refractivity contribution in [3.05, 3.63) is 24.8 Å². The van der Waals surface area contributed by atoms with Gasteiger partial charge in [0.25, 0.3) is 0 Å². The number of pyridine rings is 1. The highest BCUT2D eigenvalue weighted by Gasteiger charge is 2.29. The van der Waals surface area contributed by atoms with E-state index < -0.39 is 0 Å². The molecule has 110 valence electrons. The number of aromatic nitrogens is 4. The van der Waals surface area contributed by atoms with Gasteiger partial charge in [0.05, 0.1) is 6.20 Å². The maximum atomic E-state index is 4.52. The lowest BCUT2D eigenvalue weighted by atomic mass is 9.79. The van der Waals surface area contributed by atoms with E-state index in [4.69, 9.17) is 0 Å². The molecule has 0 aromatic carbocycles. The van der Waals surface area contributed by atoms with Gasteiger partial charge in [0.15, 0.2) is 0 Å². The van der Waals surface area contributed by atoms with Crippen LogP contribution in [0.25, 0.3) is 22.1 Å². The van der Waals surface area contributed by atoms with Crippen LogP contribution in [0.2, 0.25) is 0 Å². The second-order valence-electron chi connectivity index (χ2n) is 6.44. The first-order chi connectivity index (χ1) is 10.2. The zero-order chi connectivity index (χ0) is 14.4. The summed E-state index contributed by atoms with van der Waals surface area (Å²) in [7, 11) is 0. The molecule has 0 spiro atoms. The number of hydrogen-bond donors (Lipinski definition) is 1. The Kier molecular flexibility index (Phi) is 2.71. The van der Waals surface area contributed by atoms with Crippen LogP contribution in [0.15, 0.2) is 24.8 Å². The topological polar surface area (TPSA) is 49.7 Å². The van der Waals surface area contributed by atoms with E-state index in [1.165, 1.54) is 24.8 Å². The minimum Gasteiger partial charge on any atom is -0.346 e. The molecule has 0 unspecified atom stereocenters. The van der Waals surface area contributed by atoms with Crippen molar-refractivity contribution in [2.75, 3.05) is 18.1 Å². The van der Waals surface area contributed by atoms with Gasteiger partial charge in [-0.15, -0.1) is 0 Å². The largest absolute Gasteiger partial charge is 0.346 e. The fraction of sp³-hybridized carbons (Fsp3) is 0.500. The van der Waals surface area contributed by atoms with Crippen LogP contribution in [-0.4, -0.2) is 32.7 Å². The van der Waals surface area contributed by atoms with Crippen LogP contribution >= 0.6 is 0 Å². The van der Waals surface area contributed by atoms with E-state index in [9.17, 15) is 0 Å². The third kappa shape index (κ3) is 1.91. The van der Waals surface area contributed by atoms with Crippen molar-refractivity contribution in [3.8, 4) is 0 Å². The summed E-state index contributed by atoms with van der Waals surface area (Å²) < 4.78 is 2.22. The summed E-state index contributed by atoms with van der Waals surface area (Å²) in [6.07, 6.45) is 9.48. The number of rotatable bonds is 2. The molecule has 5 heteroatoms. The average Bonchev–Trinajstić information content (AvgIpc) is 3.13. The molecule has 1 N–H and O–H groups in total. The molecule has 0 aliphatic carbocycles. The lowest BCUT2D eigenvalue weighted by molar-refractivity contribution is 0.221. The number of piperidine rings is 1. The Morgan fingerprint density at radius 2 is 2.10 bits per heavy atom. The van der Waals surface area contributed by atoms with Gasteiger partial charge in [-0.25, -0.2) is 14.6 Å². The van der Waals surface area contributed by atoms with Gasteiger partial charge in [-0.3, -0.25) is 0 Å².